The van der Waals surface area contributed by atoms with Crippen LogP contribution in [0.2, 0.25) is 0 Å². The van der Waals surface area contributed by atoms with E-state index in [1.54, 1.807) is 25.4 Å². The number of hydrogen-bond acceptors (Lipinski definition) is 4. The highest BCUT2D eigenvalue weighted by Crippen LogP contribution is 2.22. The number of fused-ring (bicyclic) bond motifs is 1. The maximum absolute atomic E-state index is 12.4. The minimum atomic E-state index is -0.740. The first-order valence-corrected chi connectivity index (χ1v) is 8.24. The van der Waals surface area contributed by atoms with E-state index in [9.17, 15) is 9.59 Å². The van der Waals surface area contributed by atoms with E-state index in [4.69, 9.17) is 4.74 Å². The van der Waals surface area contributed by atoms with E-state index in [-0.39, 0.29) is 12.5 Å². The minimum absolute atomic E-state index is 0.150. The molecule has 1 aromatic heterocycles. The molecule has 0 radical (unpaired) electrons. The number of benzene rings is 2. The molecular formula is C20H19N3O3. The van der Waals surface area contributed by atoms with Crippen LogP contribution in [0.1, 0.15) is 12.5 Å². The van der Waals surface area contributed by atoms with Crippen LogP contribution in [-0.2, 0) is 16.1 Å². The molecule has 3 rings (SSSR count). The Labute approximate surface area is 151 Å². The summed E-state index contributed by atoms with van der Waals surface area (Å²) < 4.78 is 5.13. The lowest BCUT2D eigenvalue weighted by molar-refractivity contribution is -0.117. The van der Waals surface area contributed by atoms with Crippen LogP contribution in [0.5, 0.6) is 0 Å². The second-order valence-electron chi connectivity index (χ2n) is 5.82. The molecule has 0 unspecified atom stereocenters. The summed E-state index contributed by atoms with van der Waals surface area (Å²) in [6.07, 6.45) is 2.76. The van der Waals surface area contributed by atoms with Crippen LogP contribution in [0, 0.1) is 0 Å². The molecule has 3 aromatic rings. The van der Waals surface area contributed by atoms with Crippen LogP contribution < -0.4 is 10.6 Å². The molecule has 2 amide bonds. The molecule has 0 spiro atoms. The van der Waals surface area contributed by atoms with E-state index in [1.165, 1.54) is 0 Å². The number of ether oxygens (including phenoxy) is 1. The van der Waals surface area contributed by atoms with Gasteiger partial charge in [0.05, 0.1) is 0 Å². The van der Waals surface area contributed by atoms with Crippen molar-refractivity contribution in [1.29, 1.82) is 0 Å². The Bertz CT molecular complexity index is 907. The van der Waals surface area contributed by atoms with Crippen molar-refractivity contribution in [2.75, 3.05) is 5.32 Å². The lowest BCUT2D eigenvalue weighted by atomic mass is 10.1. The van der Waals surface area contributed by atoms with E-state index in [2.05, 4.69) is 15.6 Å². The lowest BCUT2D eigenvalue weighted by Crippen LogP contribution is -2.41. The van der Waals surface area contributed by atoms with Crippen molar-refractivity contribution < 1.29 is 14.3 Å². The lowest BCUT2D eigenvalue weighted by Gasteiger charge is -2.15. The Hall–Kier alpha value is -3.41. The van der Waals surface area contributed by atoms with Gasteiger partial charge in [0.15, 0.2) is 0 Å². The SMILES string of the molecule is C[C@H](NC(=O)OCc1ccccc1)C(=O)Nc1cccc2cnccc12. The van der Waals surface area contributed by atoms with Gasteiger partial charge in [-0.1, -0.05) is 42.5 Å². The number of alkyl carbamates (subject to hydrolysis) is 1. The summed E-state index contributed by atoms with van der Waals surface area (Å²) in [5.41, 5.74) is 1.55. The number of nitrogens with one attached hydrogen (secondary N) is 2. The van der Waals surface area contributed by atoms with Gasteiger partial charge in [0.2, 0.25) is 5.91 Å². The fourth-order valence-electron chi connectivity index (χ4n) is 2.48. The zero-order valence-electron chi connectivity index (χ0n) is 14.3. The van der Waals surface area contributed by atoms with E-state index in [0.717, 1.165) is 16.3 Å². The fourth-order valence-corrected chi connectivity index (χ4v) is 2.48. The number of anilines is 1. The van der Waals surface area contributed by atoms with Gasteiger partial charge in [-0.05, 0) is 24.6 Å². The van der Waals surface area contributed by atoms with Gasteiger partial charge in [0.1, 0.15) is 12.6 Å². The third-order valence-electron chi connectivity index (χ3n) is 3.88. The Morgan fingerprint density at radius 1 is 1.08 bits per heavy atom. The van der Waals surface area contributed by atoms with Gasteiger partial charge >= 0.3 is 6.09 Å². The van der Waals surface area contributed by atoms with Crippen LogP contribution in [-0.4, -0.2) is 23.0 Å². The predicted molar refractivity (Wildman–Crippen MR) is 99.6 cm³/mol. The molecule has 6 heteroatoms. The van der Waals surface area contributed by atoms with E-state index in [1.807, 2.05) is 48.5 Å². The third-order valence-corrected chi connectivity index (χ3v) is 3.88. The molecule has 0 bridgehead atoms. The maximum Gasteiger partial charge on any atom is 0.408 e. The zero-order chi connectivity index (χ0) is 18.4. The highest BCUT2D eigenvalue weighted by Gasteiger charge is 2.17. The van der Waals surface area contributed by atoms with Crippen molar-refractivity contribution in [1.82, 2.24) is 10.3 Å². The monoisotopic (exact) mass is 349 g/mol. The van der Waals surface area contributed by atoms with Gasteiger partial charge in [-0.15, -0.1) is 0 Å². The first-order valence-electron chi connectivity index (χ1n) is 8.24. The fraction of sp³-hybridized carbons (Fsp3) is 0.150. The smallest absolute Gasteiger partial charge is 0.408 e. The second-order valence-corrected chi connectivity index (χ2v) is 5.82. The van der Waals surface area contributed by atoms with Gasteiger partial charge in [-0.3, -0.25) is 9.78 Å². The van der Waals surface area contributed by atoms with E-state index >= 15 is 0 Å². The molecule has 0 saturated carbocycles. The number of hydrogen-bond donors (Lipinski definition) is 2. The van der Waals surface area contributed by atoms with Gasteiger partial charge in [-0.2, -0.15) is 0 Å². The quantitative estimate of drug-likeness (QED) is 0.739. The molecule has 26 heavy (non-hydrogen) atoms. The van der Waals surface area contributed by atoms with Crippen molar-refractivity contribution in [3.8, 4) is 0 Å². The molecule has 0 aliphatic rings. The minimum Gasteiger partial charge on any atom is -0.445 e. The van der Waals surface area contributed by atoms with Gasteiger partial charge in [-0.25, -0.2) is 4.79 Å². The van der Waals surface area contributed by atoms with Gasteiger partial charge in [0.25, 0.3) is 0 Å². The number of aromatic nitrogens is 1. The summed E-state index contributed by atoms with van der Waals surface area (Å²) in [7, 11) is 0. The number of carbonyl (C=O) groups excluding carboxylic acids is 2. The molecule has 2 N–H and O–H groups in total. The summed E-state index contributed by atoms with van der Waals surface area (Å²) in [5.74, 6) is -0.328. The standard InChI is InChI=1S/C20H19N3O3/c1-14(22-20(25)26-13-15-6-3-2-4-7-15)19(24)23-18-9-5-8-16-12-21-11-10-17(16)18/h2-12,14H,13H2,1H3,(H,22,25)(H,23,24)/t14-/m0/s1. The molecule has 2 aromatic carbocycles. The summed E-state index contributed by atoms with van der Waals surface area (Å²) in [6, 6.07) is 16.0. The first-order chi connectivity index (χ1) is 12.6. The number of nitrogens with zero attached hydrogens (tertiary/aromatic N) is 1. The molecule has 6 nitrogen and oxygen atoms in total. The summed E-state index contributed by atoms with van der Waals surface area (Å²) in [6.45, 7) is 1.75. The molecule has 1 atom stereocenters. The van der Waals surface area contributed by atoms with Gasteiger partial charge < -0.3 is 15.4 Å². The molecular weight excluding hydrogens is 330 g/mol. The van der Waals surface area contributed by atoms with Crippen molar-refractivity contribution in [2.45, 2.75) is 19.6 Å². The largest absolute Gasteiger partial charge is 0.445 e. The molecule has 132 valence electrons. The summed E-state index contributed by atoms with van der Waals surface area (Å²) >= 11 is 0. The molecule has 0 fully saturated rings. The summed E-state index contributed by atoms with van der Waals surface area (Å²) in [4.78, 5) is 28.3. The Kier molecular flexibility index (Phi) is 5.43. The van der Waals surface area contributed by atoms with Crippen LogP contribution >= 0.6 is 0 Å². The molecule has 1 heterocycles. The van der Waals surface area contributed by atoms with Crippen molar-refractivity contribution in [3.63, 3.8) is 0 Å². The van der Waals surface area contributed by atoms with Crippen LogP contribution in [0.15, 0.2) is 67.0 Å². The Morgan fingerprint density at radius 2 is 1.88 bits per heavy atom. The van der Waals surface area contributed by atoms with Crippen molar-refractivity contribution >= 4 is 28.5 Å². The first kappa shape index (κ1) is 17.4. The number of pyridine rings is 1. The Balaban J connectivity index is 1.56. The molecule has 0 aliphatic carbocycles. The normalized spacial score (nSPS) is 11.6. The highest BCUT2D eigenvalue weighted by molar-refractivity contribution is 6.04. The average Bonchev–Trinajstić information content (AvgIpc) is 2.67. The third kappa shape index (κ3) is 4.36. The van der Waals surface area contributed by atoms with E-state index < -0.39 is 12.1 Å². The number of rotatable bonds is 5. The number of amides is 2. The van der Waals surface area contributed by atoms with Crippen molar-refractivity contribution in [2.24, 2.45) is 0 Å². The highest BCUT2D eigenvalue weighted by atomic mass is 16.5. The zero-order valence-corrected chi connectivity index (χ0v) is 14.3. The van der Waals surface area contributed by atoms with Gasteiger partial charge in [0, 0.05) is 28.9 Å². The topological polar surface area (TPSA) is 80.3 Å². The average molecular weight is 349 g/mol. The maximum atomic E-state index is 12.4. The van der Waals surface area contributed by atoms with Crippen LogP contribution in [0.3, 0.4) is 0 Å². The van der Waals surface area contributed by atoms with Crippen LogP contribution in [0.25, 0.3) is 10.8 Å². The second kappa shape index (κ2) is 8.11. The van der Waals surface area contributed by atoms with Crippen LogP contribution in [0.4, 0.5) is 10.5 Å². The van der Waals surface area contributed by atoms with E-state index in [0.29, 0.717) is 5.69 Å². The summed E-state index contributed by atoms with van der Waals surface area (Å²) in [5, 5.41) is 7.17. The molecule has 0 aliphatic heterocycles. The molecule has 0 saturated heterocycles. The van der Waals surface area contributed by atoms with Crippen molar-refractivity contribution in [3.05, 3.63) is 72.6 Å². The number of carbonyl (C=O) groups is 2. The predicted octanol–water partition coefficient (Wildman–Crippen LogP) is 3.49. The Morgan fingerprint density at radius 3 is 2.69 bits per heavy atom.